The molecule has 2 N–H and O–H groups in total. The van der Waals surface area contributed by atoms with Crippen LogP contribution in [0.4, 0.5) is 4.39 Å². The molecule has 4 nitrogen and oxygen atoms in total. The van der Waals surface area contributed by atoms with Crippen molar-refractivity contribution in [3.05, 3.63) is 34.6 Å². The molecule has 0 radical (unpaired) electrons. The largest absolute Gasteiger partial charge is 0.355 e. The van der Waals surface area contributed by atoms with Crippen LogP contribution in [0.15, 0.2) is 18.2 Å². The van der Waals surface area contributed by atoms with E-state index in [2.05, 4.69) is 10.6 Å². The molecule has 0 spiro atoms. The van der Waals surface area contributed by atoms with Crippen LogP contribution in [-0.4, -0.2) is 24.9 Å². The molecule has 0 aliphatic rings. The lowest BCUT2D eigenvalue weighted by molar-refractivity contribution is -0.121. The summed E-state index contributed by atoms with van der Waals surface area (Å²) in [5, 5.41) is 5.41. The van der Waals surface area contributed by atoms with Gasteiger partial charge in [0.1, 0.15) is 5.82 Å². The molecule has 6 heteroatoms. The van der Waals surface area contributed by atoms with Gasteiger partial charge in [-0.1, -0.05) is 17.7 Å². The molecular weight excluding hydrogens is 259 g/mol. The molecule has 2 amide bonds. The first-order valence-corrected chi connectivity index (χ1v) is 5.82. The Hall–Kier alpha value is -1.62. The minimum atomic E-state index is -0.500. The van der Waals surface area contributed by atoms with Crippen molar-refractivity contribution in [2.75, 3.05) is 13.1 Å². The molecule has 0 atom stereocenters. The third-order valence-corrected chi connectivity index (χ3v) is 2.42. The zero-order valence-corrected chi connectivity index (χ0v) is 10.7. The number of rotatable bonds is 5. The van der Waals surface area contributed by atoms with Crippen LogP contribution >= 0.6 is 11.6 Å². The summed E-state index contributed by atoms with van der Waals surface area (Å²) in [5.74, 6) is -0.964. The van der Waals surface area contributed by atoms with Gasteiger partial charge in [0.2, 0.25) is 11.8 Å². The minimum absolute atomic E-state index is 0.0525. The first-order chi connectivity index (χ1) is 8.49. The normalized spacial score (nSPS) is 9.94. The summed E-state index contributed by atoms with van der Waals surface area (Å²) in [6.45, 7) is 2.06. The summed E-state index contributed by atoms with van der Waals surface area (Å²) in [5.41, 5.74) is 0.288. The molecule has 0 aromatic heterocycles. The van der Waals surface area contributed by atoms with E-state index in [0.29, 0.717) is 18.1 Å². The Labute approximate surface area is 110 Å². The standard InChI is InChI=1S/C12H14ClFN2O2/c1-8(17)15-4-5-16-12(18)6-9-2-3-10(13)7-11(9)14/h2-3,7H,4-6H2,1H3,(H,15,17)(H,16,18). The lowest BCUT2D eigenvalue weighted by Gasteiger charge is -2.06. The van der Waals surface area contributed by atoms with Gasteiger partial charge in [-0.25, -0.2) is 4.39 Å². The zero-order chi connectivity index (χ0) is 13.5. The highest BCUT2D eigenvalue weighted by atomic mass is 35.5. The molecule has 1 rings (SSSR count). The van der Waals surface area contributed by atoms with Gasteiger partial charge in [-0.05, 0) is 17.7 Å². The van der Waals surface area contributed by atoms with Crippen LogP contribution in [0, 0.1) is 5.82 Å². The average molecular weight is 273 g/mol. The maximum absolute atomic E-state index is 13.4. The van der Waals surface area contributed by atoms with Gasteiger partial charge in [0.15, 0.2) is 0 Å². The maximum atomic E-state index is 13.4. The number of benzene rings is 1. The Balaban J connectivity index is 2.38. The fraction of sp³-hybridized carbons (Fsp3) is 0.333. The van der Waals surface area contributed by atoms with E-state index in [-0.39, 0.29) is 23.8 Å². The van der Waals surface area contributed by atoms with Crippen LogP contribution in [0.5, 0.6) is 0 Å². The van der Waals surface area contributed by atoms with Gasteiger partial charge in [0.05, 0.1) is 6.42 Å². The molecule has 0 bridgehead atoms. The number of hydrogen-bond donors (Lipinski definition) is 2. The predicted octanol–water partition coefficient (Wildman–Crippen LogP) is 1.27. The van der Waals surface area contributed by atoms with Crippen molar-refractivity contribution in [1.29, 1.82) is 0 Å². The van der Waals surface area contributed by atoms with Crippen LogP contribution in [0.3, 0.4) is 0 Å². The third kappa shape index (κ3) is 5.14. The first-order valence-electron chi connectivity index (χ1n) is 5.44. The summed E-state index contributed by atoms with van der Waals surface area (Å²) in [6.07, 6.45) is -0.0525. The summed E-state index contributed by atoms with van der Waals surface area (Å²) < 4.78 is 13.4. The highest BCUT2D eigenvalue weighted by molar-refractivity contribution is 6.30. The molecule has 98 valence electrons. The summed E-state index contributed by atoms with van der Waals surface area (Å²) >= 11 is 5.60. The molecule has 1 aromatic rings. The Morgan fingerprint density at radius 2 is 1.94 bits per heavy atom. The van der Waals surface area contributed by atoms with Crippen molar-refractivity contribution in [1.82, 2.24) is 10.6 Å². The molecule has 0 aliphatic carbocycles. The van der Waals surface area contributed by atoms with Gasteiger partial charge in [-0.2, -0.15) is 0 Å². The Kier molecular flexibility index (Phi) is 5.58. The molecule has 0 aliphatic heterocycles. The van der Waals surface area contributed by atoms with E-state index in [1.165, 1.54) is 25.1 Å². The molecule has 18 heavy (non-hydrogen) atoms. The van der Waals surface area contributed by atoms with Crippen LogP contribution in [-0.2, 0) is 16.0 Å². The number of halogens is 2. The molecule has 1 aromatic carbocycles. The third-order valence-electron chi connectivity index (χ3n) is 2.19. The van der Waals surface area contributed by atoms with E-state index in [0.717, 1.165) is 0 Å². The van der Waals surface area contributed by atoms with Crippen LogP contribution in [0.2, 0.25) is 5.02 Å². The molecule has 0 saturated heterocycles. The van der Waals surface area contributed by atoms with Crippen LogP contribution in [0.25, 0.3) is 0 Å². The highest BCUT2D eigenvalue weighted by Crippen LogP contribution is 2.14. The van der Waals surface area contributed by atoms with Crippen molar-refractivity contribution in [3.63, 3.8) is 0 Å². The van der Waals surface area contributed by atoms with E-state index in [9.17, 15) is 14.0 Å². The second kappa shape index (κ2) is 6.96. The quantitative estimate of drug-likeness (QED) is 0.793. The average Bonchev–Trinajstić information content (AvgIpc) is 2.28. The monoisotopic (exact) mass is 272 g/mol. The van der Waals surface area contributed by atoms with E-state index in [1.807, 2.05) is 0 Å². The summed E-state index contributed by atoms with van der Waals surface area (Å²) in [7, 11) is 0. The van der Waals surface area contributed by atoms with Gasteiger partial charge in [0, 0.05) is 25.0 Å². The van der Waals surface area contributed by atoms with Gasteiger partial charge >= 0.3 is 0 Å². The summed E-state index contributed by atoms with van der Waals surface area (Å²) in [6, 6.07) is 4.18. The number of nitrogens with one attached hydrogen (secondary N) is 2. The van der Waals surface area contributed by atoms with Gasteiger partial charge in [0.25, 0.3) is 0 Å². The van der Waals surface area contributed by atoms with Crippen molar-refractivity contribution in [2.24, 2.45) is 0 Å². The molecule has 0 unspecified atom stereocenters. The van der Waals surface area contributed by atoms with Gasteiger partial charge in [-0.15, -0.1) is 0 Å². The lowest BCUT2D eigenvalue weighted by atomic mass is 10.1. The number of hydrogen-bond acceptors (Lipinski definition) is 2. The van der Waals surface area contributed by atoms with E-state index in [4.69, 9.17) is 11.6 Å². The smallest absolute Gasteiger partial charge is 0.224 e. The van der Waals surface area contributed by atoms with Crippen molar-refractivity contribution < 1.29 is 14.0 Å². The van der Waals surface area contributed by atoms with E-state index >= 15 is 0 Å². The van der Waals surface area contributed by atoms with Crippen molar-refractivity contribution >= 4 is 23.4 Å². The fourth-order valence-corrected chi connectivity index (χ4v) is 1.50. The molecule has 0 saturated carbocycles. The van der Waals surface area contributed by atoms with Gasteiger partial charge in [-0.3, -0.25) is 9.59 Å². The topological polar surface area (TPSA) is 58.2 Å². The van der Waals surface area contributed by atoms with E-state index in [1.54, 1.807) is 0 Å². The lowest BCUT2D eigenvalue weighted by Crippen LogP contribution is -2.34. The first kappa shape index (κ1) is 14.4. The summed E-state index contributed by atoms with van der Waals surface area (Å²) in [4.78, 5) is 22.0. The van der Waals surface area contributed by atoms with Gasteiger partial charge < -0.3 is 10.6 Å². The Morgan fingerprint density at radius 1 is 1.28 bits per heavy atom. The highest BCUT2D eigenvalue weighted by Gasteiger charge is 2.08. The molecular formula is C12H14ClFN2O2. The second-order valence-electron chi connectivity index (χ2n) is 3.75. The second-order valence-corrected chi connectivity index (χ2v) is 4.18. The van der Waals surface area contributed by atoms with E-state index < -0.39 is 5.82 Å². The minimum Gasteiger partial charge on any atom is -0.355 e. The predicted molar refractivity (Wildman–Crippen MR) is 66.8 cm³/mol. The molecule has 0 fully saturated rings. The number of amides is 2. The number of carbonyl (C=O) groups is 2. The van der Waals surface area contributed by atoms with Crippen molar-refractivity contribution in [2.45, 2.75) is 13.3 Å². The SMILES string of the molecule is CC(=O)NCCNC(=O)Cc1ccc(Cl)cc1F. The maximum Gasteiger partial charge on any atom is 0.224 e. The van der Waals surface area contributed by atoms with Crippen LogP contribution < -0.4 is 10.6 Å². The Bertz CT molecular complexity index is 452. The molecule has 0 heterocycles. The zero-order valence-electron chi connectivity index (χ0n) is 9.93. The van der Waals surface area contributed by atoms with Crippen molar-refractivity contribution in [3.8, 4) is 0 Å². The van der Waals surface area contributed by atoms with Crippen LogP contribution in [0.1, 0.15) is 12.5 Å². The Morgan fingerprint density at radius 3 is 2.56 bits per heavy atom. The fourth-order valence-electron chi connectivity index (χ4n) is 1.34. The number of carbonyl (C=O) groups excluding carboxylic acids is 2.